The molecule has 10 heteroatoms. The Morgan fingerprint density at radius 1 is 1.09 bits per heavy atom. The molecule has 3 aromatic rings. The molecule has 0 unspecified atom stereocenters. The first kappa shape index (κ1) is 21.8. The minimum absolute atomic E-state index is 0.0138. The third-order valence-corrected chi connectivity index (χ3v) is 7.02. The zero-order chi connectivity index (χ0) is 22.7. The molecule has 1 aromatic heterocycles. The van der Waals surface area contributed by atoms with Gasteiger partial charge >= 0.3 is 0 Å². The molecule has 3 N–H and O–H groups in total. The van der Waals surface area contributed by atoms with Gasteiger partial charge in [0.25, 0.3) is 15.9 Å². The quantitative estimate of drug-likeness (QED) is 0.451. The lowest BCUT2D eigenvalue weighted by Gasteiger charge is -2.24. The molecule has 0 spiro atoms. The minimum Gasteiger partial charge on any atom is -0.497 e. The van der Waals surface area contributed by atoms with E-state index in [1.807, 2.05) is 0 Å². The van der Waals surface area contributed by atoms with Gasteiger partial charge in [0.05, 0.1) is 17.5 Å². The number of aromatic nitrogens is 1. The van der Waals surface area contributed by atoms with Gasteiger partial charge in [0.2, 0.25) is 0 Å². The molecule has 32 heavy (non-hydrogen) atoms. The lowest BCUT2D eigenvalue weighted by Crippen LogP contribution is -2.30. The summed E-state index contributed by atoms with van der Waals surface area (Å²) in [5.74, 6) is -0.338. The van der Waals surface area contributed by atoms with Gasteiger partial charge in [0.15, 0.2) is 0 Å². The third kappa shape index (κ3) is 4.45. The Morgan fingerprint density at radius 2 is 1.81 bits per heavy atom. The number of hydrogen-bond acceptors (Lipinski definition) is 7. The molecular formula is C22H24N4O5S. The number of rotatable bonds is 7. The summed E-state index contributed by atoms with van der Waals surface area (Å²) in [5.41, 5.74) is 1.31. The van der Waals surface area contributed by atoms with Crippen LogP contribution < -0.4 is 14.8 Å². The van der Waals surface area contributed by atoms with Crippen LogP contribution in [0.1, 0.15) is 42.6 Å². The SMILES string of the molecule is COc1ccc(S(=O)(=O)NC(=O)c2cc3c(NC4CCCCC4)ccc(N=O)c3[nH]2)cc1. The van der Waals surface area contributed by atoms with Crippen molar-refractivity contribution in [1.82, 2.24) is 9.71 Å². The maximum Gasteiger partial charge on any atom is 0.281 e. The van der Waals surface area contributed by atoms with Crippen LogP contribution in [0.2, 0.25) is 0 Å². The van der Waals surface area contributed by atoms with Crippen LogP contribution >= 0.6 is 0 Å². The first-order chi connectivity index (χ1) is 15.4. The molecular weight excluding hydrogens is 432 g/mol. The number of hydrogen-bond donors (Lipinski definition) is 3. The van der Waals surface area contributed by atoms with Crippen molar-refractivity contribution in [3.05, 3.63) is 53.1 Å². The van der Waals surface area contributed by atoms with Gasteiger partial charge in [-0.1, -0.05) is 19.3 Å². The number of ether oxygens (including phenoxy) is 1. The van der Waals surface area contributed by atoms with E-state index in [2.05, 4.69) is 20.2 Å². The summed E-state index contributed by atoms with van der Waals surface area (Å²) in [6.45, 7) is 0. The highest BCUT2D eigenvalue weighted by molar-refractivity contribution is 7.90. The average molecular weight is 457 g/mol. The van der Waals surface area contributed by atoms with Crippen LogP contribution in [0.15, 0.2) is 52.5 Å². The van der Waals surface area contributed by atoms with Crippen molar-refractivity contribution in [1.29, 1.82) is 0 Å². The van der Waals surface area contributed by atoms with E-state index in [0.29, 0.717) is 22.7 Å². The summed E-state index contributed by atoms with van der Waals surface area (Å²) in [7, 11) is -2.62. The molecule has 2 aromatic carbocycles. The van der Waals surface area contributed by atoms with E-state index in [1.165, 1.54) is 43.9 Å². The highest BCUT2D eigenvalue weighted by Crippen LogP contribution is 2.34. The zero-order valence-corrected chi connectivity index (χ0v) is 18.4. The molecule has 9 nitrogen and oxygen atoms in total. The predicted octanol–water partition coefficient (Wildman–Crippen LogP) is 4.44. The Hall–Kier alpha value is -3.40. The molecule has 1 aliphatic carbocycles. The number of carbonyl (C=O) groups excluding carboxylic acids is 1. The number of amides is 1. The molecule has 1 saturated carbocycles. The van der Waals surface area contributed by atoms with Crippen LogP contribution in [0.25, 0.3) is 10.9 Å². The molecule has 0 radical (unpaired) electrons. The van der Waals surface area contributed by atoms with E-state index in [9.17, 15) is 18.1 Å². The Bertz CT molecular complexity index is 1250. The second-order valence-electron chi connectivity index (χ2n) is 7.78. The van der Waals surface area contributed by atoms with Crippen molar-refractivity contribution in [2.75, 3.05) is 12.4 Å². The normalized spacial score (nSPS) is 14.8. The van der Waals surface area contributed by atoms with E-state index in [1.54, 1.807) is 12.1 Å². The largest absolute Gasteiger partial charge is 0.497 e. The van der Waals surface area contributed by atoms with Crippen LogP contribution in [0.5, 0.6) is 5.75 Å². The fraction of sp³-hybridized carbons (Fsp3) is 0.318. The Balaban J connectivity index is 1.62. The maximum absolute atomic E-state index is 12.8. The first-order valence-corrected chi connectivity index (χ1v) is 11.9. The predicted molar refractivity (Wildman–Crippen MR) is 122 cm³/mol. The van der Waals surface area contributed by atoms with Gasteiger partial charge in [-0.25, -0.2) is 13.1 Å². The fourth-order valence-corrected chi connectivity index (χ4v) is 4.95. The first-order valence-electron chi connectivity index (χ1n) is 10.4. The number of sulfonamides is 1. The maximum atomic E-state index is 12.8. The second kappa shape index (κ2) is 8.99. The number of fused-ring (bicyclic) bond motifs is 1. The molecule has 0 atom stereocenters. The van der Waals surface area contributed by atoms with Gasteiger partial charge in [-0.05, 0) is 60.5 Å². The number of nitrogens with one attached hydrogen (secondary N) is 3. The number of carbonyl (C=O) groups is 1. The molecule has 168 valence electrons. The van der Waals surface area contributed by atoms with Gasteiger partial charge in [-0.3, -0.25) is 4.79 Å². The van der Waals surface area contributed by atoms with Gasteiger partial charge in [-0.15, -0.1) is 4.91 Å². The topological polar surface area (TPSA) is 130 Å². The van der Waals surface area contributed by atoms with Crippen molar-refractivity contribution in [2.24, 2.45) is 5.18 Å². The third-order valence-electron chi connectivity index (χ3n) is 5.68. The summed E-state index contributed by atoms with van der Waals surface area (Å²) < 4.78 is 32.3. The van der Waals surface area contributed by atoms with Crippen molar-refractivity contribution >= 4 is 38.2 Å². The number of nitrogens with zero attached hydrogens (tertiary/aromatic N) is 1. The zero-order valence-electron chi connectivity index (χ0n) is 17.6. The lowest BCUT2D eigenvalue weighted by molar-refractivity contribution is 0.0977. The molecule has 4 rings (SSSR count). The van der Waals surface area contributed by atoms with Gasteiger partial charge in [0.1, 0.15) is 17.1 Å². The van der Waals surface area contributed by atoms with Crippen LogP contribution in [0.4, 0.5) is 11.4 Å². The molecule has 1 amide bonds. The van der Waals surface area contributed by atoms with E-state index in [-0.39, 0.29) is 16.3 Å². The molecule has 1 aliphatic rings. The molecule has 0 bridgehead atoms. The summed E-state index contributed by atoms with van der Waals surface area (Å²) in [6, 6.07) is 10.9. The summed E-state index contributed by atoms with van der Waals surface area (Å²) >= 11 is 0. The van der Waals surface area contributed by atoms with E-state index >= 15 is 0 Å². The van der Waals surface area contributed by atoms with Crippen molar-refractivity contribution in [2.45, 2.75) is 43.0 Å². The number of aromatic amines is 1. The lowest BCUT2D eigenvalue weighted by atomic mass is 9.95. The Labute approximate surface area is 185 Å². The molecule has 1 heterocycles. The molecule has 1 fully saturated rings. The number of H-pyrrole nitrogens is 1. The summed E-state index contributed by atoms with van der Waals surface area (Å²) in [6.07, 6.45) is 5.62. The van der Waals surface area contributed by atoms with Crippen molar-refractivity contribution < 1.29 is 17.9 Å². The summed E-state index contributed by atoms with van der Waals surface area (Å²) in [4.78, 5) is 26.8. The highest BCUT2D eigenvalue weighted by Gasteiger charge is 2.22. The fourth-order valence-electron chi connectivity index (χ4n) is 3.99. The molecule has 0 saturated heterocycles. The molecule has 0 aliphatic heterocycles. The van der Waals surface area contributed by atoms with E-state index < -0.39 is 15.9 Å². The van der Waals surface area contributed by atoms with Crippen LogP contribution in [0, 0.1) is 4.91 Å². The highest BCUT2D eigenvalue weighted by atomic mass is 32.2. The van der Waals surface area contributed by atoms with Gasteiger partial charge < -0.3 is 15.0 Å². The number of nitroso groups, excluding NO2 is 1. The Morgan fingerprint density at radius 3 is 2.47 bits per heavy atom. The minimum atomic E-state index is -4.09. The standard InChI is InChI=1S/C22H24N4O5S/c1-31-15-7-9-16(10-8-15)32(29,30)26-22(27)20-13-17-18(23-14-5-3-2-4-6-14)11-12-19(25-28)21(17)24-20/h7-14,23-24H,2-6H2,1H3,(H,26,27). The van der Waals surface area contributed by atoms with Crippen molar-refractivity contribution in [3.8, 4) is 5.75 Å². The van der Waals surface area contributed by atoms with Crippen molar-refractivity contribution in [3.63, 3.8) is 0 Å². The van der Waals surface area contributed by atoms with Crippen LogP contribution in [-0.4, -0.2) is 32.5 Å². The summed E-state index contributed by atoms with van der Waals surface area (Å²) in [5, 5.41) is 7.12. The number of methoxy groups -OCH3 is 1. The van der Waals surface area contributed by atoms with Gasteiger partial charge in [0, 0.05) is 17.1 Å². The van der Waals surface area contributed by atoms with Gasteiger partial charge in [-0.2, -0.15) is 0 Å². The number of anilines is 1. The van der Waals surface area contributed by atoms with E-state index in [4.69, 9.17) is 4.74 Å². The average Bonchev–Trinajstić information content (AvgIpc) is 3.26. The van der Waals surface area contributed by atoms with Crippen LogP contribution in [-0.2, 0) is 10.0 Å². The van der Waals surface area contributed by atoms with E-state index in [0.717, 1.165) is 31.4 Å². The monoisotopic (exact) mass is 456 g/mol. The number of benzene rings is 2. The smallest absolute Gasteiger partial charge is 0.281 e. The Kier molecular flexibility index (Phi) is 6.13. The van der Waals surface area contributed by atoms with Crippen LogP contribution in [0.3, 0.4) is 0 Å². The second-order valence-corrected chi connectivity index (χ2v) is 9.47.